The second kappa shape index (κ2) is 12.8. The van der Waals surface area contributed by atoms with E-state index in [9.17, 15) is 9.18 Å². The Morgan fingerprint density at radius 3 is 2.64 bits per heavy atom. The van der Waals surface area contributed by atoms with Crippen LogP contribution in [0.4, 0.5) is 20.7 Å². The van der Waals surface area contributed by atoms with E-state index in [1.54, 1.807) is 29.2 Å². The fourth-order valence-electron chi connectivity index (χ4n) is 4.03. The van der Waals surface area contributed by atoms with Crippen molar-refractivity contribution in [2.45, 2.75) is 46.4 Å². The summed E-state index contributed by atoms with van der Waals surface area (Å²) in [7, 11) is 0. The molecule has 10 heteroatoms. The Bertz CT molecular complexity index is 1520. The Labute approximate surface area is 236 Å². The topological polar surface area (TPSA) is 79.4 Å². The minimum Gasteiger partial charge on any atom is -0.487 e. The number of aromatic nitrogens is 2. The van der Waals surface area contributed by atoms with Gasteiger partial charge < -0.3 is 20.3 Å². The van der Waals surface area contributed by atoms with E-state index in [4.69, 9.17) is 16.3 Å². The Morgan fingerprint density at radius 2 is 1.92 bits per heavy atom. The maximum absolute atomic E-state index is 13.4. The average Bonchev–Trinajstić information content (AvgIpc) is 3.30. The number of carbonyl (C=O) groups excluding carboxylic acids is 1. The zero-order chi connectivity index (χ0) is 27.9. The summed E-state index contributed by atoms with van der Waals surface area (Å²) in [6.07, 6.45) is 1.49. The SMILES string of the molecule is CC(C)N(C(=O)NCC#Cc1cc2ncnc(Nc3ccc(OCc4cccc(F)c4)c(Cl)c3)c2s1)C(C)C. The van der Waals surface area contributed by atoms with Gasteiger partial charge in [0.1, 0.15) is 24.5 Å². The first kappa shape index (κ1) is 28.1. The van der Waals surface area contributed by atoms with E-state index < -0.39 is 0 Å². The van der Waals surface area contributed by atoms with Crippen LogP contribution in [0.5, 0.6) is 5.75 Å². The lowest BCUT2D eigenvalue weighted by atomic mass is 10.2. The van der Waals surface area contributed by atoms with E-state index in [1.807, 2.05) is 39.8 Å². The molecule has 2 aromatic heterocycles. The van der Waals surface area contributed by atoms with E-state index in [0.29, 0.717) is 22.2 Å². The van der Waals surface area contributed by atoms with Crippen molar-refractivity contribution in [3.05, 3.63) is 76.1 Å². The Kier molecular flexibility index (Phi) is 9.23. The molecule has 0 saturated heterocycles. The van der Waals surface area contributed by atoms with Crippen molar-refractivity contribution in [3.63, 3.8) is 0 Å². The van der Waals surface area contributed by atoms with Crippen LogP contribution in [0.3, 0.4) is 0 Å². The first-order valence-electron chi connectivity index (χ1n) is 12.4. The molecule has 7 nitrogen and oxygen atoms in total. The Balaban J connectivity index is 1.41. The first-order valence-corrected chi connectivity index (χ1v) is 13.6. The van der Waals surface area contributed by atoms with Crippen LogP contribution in [0.1, 0.15) is 38.1 Å². The second-order valence-corrected chi connectivity index (χ2v) is 10.8. The number of urea groups is 1. The van der Waals surface area contributed by atoms with Crippen LogP contribution in [-0.2, 0) is 6.61 Å². The Morgan fingerprint density at radius 1 is 1.13 bits per heavy atom. The highest BCUT2D eigenvalue weighted by Gasteiger charge is 2.19. The summed E-state index contributed by atoms with van der Waals surface area (Å²) in [6, 6.07) is 13.5. The molecule has 0 unspecified atom stereocenters. The van der Waals surface area contributed by atoms with Gasteiger partial charge in [-0.25, -0.2) is 19.2 Å². The lowest BCUT2D eigenvalue weighted by Crippen LogP contribution is -2.47. The van der Waals surface area contributed by atoms with Crippen LogP contribution in [0.15, 0.2) is 54.9 Å². The molecule has 0 bridgehead atoms. The summed E-state index contributed by atoms with van der Waals surface area (Å²) in [5, 5.41) is 6.56. The third-order valence-electron chi connectivity index (χ3n) is 5.68. The molecule has 0 aliphatic rings. The number of nitrogens with zero attached hydrogens (tertiary/aromatic N) is 3. The number of hydrogen-bond donors (Lipinski definition) is 2. The molecule has 4 rings (SSSR count). The molecule has 0 fully saturated rings. The fourth-order valence-corrected chi connectivity index (χ4v) is 5.20. The molecule has 0 atom stereocenters. The predicted molar refractivity (Wildman–Crippen MR) is 155 cm³/mol. The van der Waals surface area contributed by atoms with E-state index in [1.165, 1.54) is 29.8 Å². The largest absolute Gasteiger partial charge is 0.487 e. The molecule has 0 aliphatic carbocycles. The van der Waals surface area contributed by atoms with Gasteiger partial charge in [0, 0.05) is 17.8 Å². The summed E-state index contributed by atoms with van der Waals surface area (Å²) >= 11 is 7.90. The van der Waals surface area contributed by atoms with Crippen molar-refractivity contribution in [2.24, 2.45) is 0 Å². The second-order valence-electron chi connectivity index (χ2n) is 9.29. The van der Waals surface area contributed by atoms with Crippen molar-refractivity contribution < 1.29 is 13.9 Å². The molecule has 4 aromatic rings. The molecule has 0 radical (unpaired) electrons. The van der Waals surface area contributed by atoms with E-state index >= 15 is 0 Å². The van der Waals surface area contributed by atoms with Crippen LogP contribution >= 0.6 is 22.9 Å². The molecule has 0 aliphatic heterocycles. The normalized spacial score (nSPS) is 10.9. The molecule has 2 aromatic carbocycles. The minimum atomic E-state index is -0.313. The maximum Gasteiger partial charge on any atom is 0.318 e. The number of benzene rings is 2. The molecular weight excluding hydrogens is 537 g/mol. The van der Waals surface area contributed by atoms with E-state index in [0.717, 1.165) is 20.8 Å². The summed E-state index contributed by atoms with van der Waals surface area (Å²) < 4.78 is 20.0. The van der Waals surface area contributed by atoms with Gasteiger partial charge in [0.05, 0.1) is 26.7 Å². The molecule has 2 N–H and O–H groups in total. The third-order valence-corrected chi connectivity index (χ3v) is 7.02. The van der Waals surface area contributed by atoms with Gasteiger partial charge in [-0.3, -0.25) is 0 Å². The molecular formula is C29H29ClFN5O2S. The predicted octanol–water partition coefficient (Wildman–Crippen LogP) is 6.99. The number of thiophene rings is 1. The number of carbonyl (C=O) groups is 1. The lowest BCUT2D eigenvalue weighted by Gasteiger charge is -2.30. The number of anilines is 2. The number of rotatable bonds is 8. The highest BCUT2D eigenvalue weighted by molar-refractivity contribution is 7.20. The maximum atomic E-state index is 13.4. The number of fused-ring (bicyclic) bond motifs is 1. The average molecular weight is 566 g/mol. The van der Waals surface area contributed by atoms with Gasteiger partial charge in [-0.1, -0.05) is 35.6 Å². The molecule has 0 spiro atoms. The van der Waals surface area contributed by atoms with Crippen molar-refractivity contribution in [3.8, 4) is 17.6 Å². The van der Waals surface area contributed by atoms with Gasteiger partial charge in [-0.15, -0.1) is 11.3 Å². The highest BCUT2D eigenvalue weighted by atomic mass is 35.5. The highest BCUT2D eigenvalue weighted by Crippen LogP contribution is 2.33. The van der Waals surface area contributed by atoms with E-state index in [-0.39, 0.29) is 37.1 Å². The van der Waals surface area contributed by atoms with Gasteiger partial charge in [0.2, 0.25) is 0 Å². The lowest BCUT2D eigenvalue weighted by molar-refractivity contribution is 0.166. The van der Waals surface area contributed by atoms with Crippen molar-refractivity contribution in [1.82, 2.24) is 20.2 Å². The number of nitrogens with one attached hydrogen (secondary N) is 2. The van der Waals surface area contributed by atoms with Crippen molar-refractivity contribution in [1.29, 1.82) is 0 Å². The number of amides is 2. The number of ether oxygens (including phenoxy) is 1. The number of halogens is 2. The smallest absolute Gasteiger partial charge is 0.318 e. The first-order chi connectivity index (χ1) is 18.7. The zero-order valence-electron chi connectivity index (χ0n) is 22.1. The van der Waals surface area contributed by atoms with Gasteiger partial charge in [-0.2, -0.15) is 0 Å². The van der Waals surface area contributed by atoms with Crippen molar-refractivity contribution in [2.75, 3.05) is 11.9 Å². The third kappa shape index (κ3) is 7.37. The fraction of sp³-hybridized carbons (Fsp3) is 0.276. The van der Waals surface area contributed by atoms with Crippen LogP contribution in [-0.4, -0.2) is 39.5 Å². The van der Waals surface area contributed by atoms with Crippen LogP contribution < -0.4 is 15.4 Å². The Hall–Kier alpha value is -3.87. The quantitative estimate of drug-likeness (QED) is 0.225. The van der Waals surface area contributed by atoms with E-state index in [2.05, 4.69) is 32.4 Å². The van der Waals surface area contributed by atoms with Gasteiger partial charge in [-0.05, 0) is 69.7 Å². The number of hydrogen-bond acceptors (Lipinski definition) is 6. The van der Waals surface area contributed by atoms with Gasteiger partial charge in [0.25, 0.3) is 0 Å². The zero-order valence-corrected chi connectivity index (χ0v) is 23.7. The summed E-state index contributed by atoms with van der Waals surface area (Å²) in [6.45, 7) is 8.39. The van der Waals surface area contributed by atoms with Crippen LogP contribution in [0, 0.1) is 17.7 Å². The summed E-state index contributed by atoms with van der Waals surface area (Å²) in [4.78, 5) is 23.8. The van der Waals surface area contributed by atoms with Gasteiger partial charge in [0.15, 0.2) is 5.82 Å². The monoisotopic (exact) mass is 565 g/mol. The summed E-state index contributed by atoms with van der Waals surface area (Å²) in [5.41, 5.74) is 2.20. The van der Waals surface area contributed by atoms with Crippen LogP contribution in [0.2, 0.25) is 5.02 Å². The van der Waals surface area contributed by atoms with Crippen LogP contribution in [0.25, 0.3) is 10.2 Å². The molecule has 2 heterocycles. The van der Waals surface area contributed by atoms with Gasteiger partial charge >= 0.3 is 6.03 Å². The standard InChI is InChI=1S/C29H29ClFN5O2S/c1-18(2)36(19(3)4)29(37)32-12-6-9-23-15-25-27(39-23)28(34-17-33-25)35-22-10-11-26(24(30)14-22)38-16-20-7-5-8-21(31)13-20/h5,7-8,10-11,13-15,17-19H,12,16H2,1-4H3,(H,32,37)(H,33,34,35). The minimum absolute atomic E-state index is 0.101. The molecule has 202 valence electrons. The summed E-state index contributed by atoms with van der Waals surface area (Å²) in [5.74, 6) is 6.92. The molecule has 2 amide bonds. The molecule has 39 heavy (non-hydrogen) atoms. The van der Waals surface area contributed by atoms with Crippen molar-refractivity contribution >= 4 is 50.7 Å². The molecule has 0 saturated carbocycles.